The van der Waals surface area contributed by atoms with Crippen molar-refractivity contribution in [2.75, 3.05) is 0 Å². The molecule has 0 aromatic heterocycles. The fourth-order valence-corrected chi connectivity index (χ4v) is 4.12. The molecular weight excluding hydrogens is 335 g/mol. The highest BCUT2D eigenvalue weighted by Gasteiger charge is 2.19. The van der Waals surface area contributed by atoms with Gasteiger partial charge in [-0.05, 0) is 39.1 Å². The summed E-state index contributed by atoms with van der Waals surface area (Å²) < 4.78 is 0. The van der Waals surface area contributed by atoms with Gasteiger partial charge in [-0.15, -0.1) is 0 Å². The predicted octanol–water partition coefficient (Wildman–Crippen LogP) is 5.78. The smallest absolute Gasteiger partial charge is 0.122 e. The van der Waals surface area contributed by atoms with Crippen LogP contribution < -0.4 is 5.30 Å². The lowest BCUT2D eigenvalue weighted by Gasteiger charge is -2.23. The molecule has 1 unspecified atom stereocenters. The van der Waals surface area contributed by atoms with E-state index in [1.54, 1.807) is 0 Å². The molecule has 0 saturated heterocycles. The Balaban J connectivity index is 1.93. The van der Waals surface area contributed by atoms with E-state index in [1.807, 2.05) is 12.1 Å². The van der Waals surface area contributed by atoms with Gasteiger partial charge in [-0.3, -0.25) is 0 Å². The standard InChI is InChI=1S/C24H27OP/c1-24(2,3)21-15-19(14-18-10-6-4-7-11-18)23(25)20(16-21)17-26-22-12-8-5-9-13-22/h4-13,15-16,25-26H,14,17H2,1-3H3. The van der Waals surface area contributed by atoms with Gasteiger partial charge in [0.2, 0.25) is 0 Å². The Labute approximate surface area is 158 Å². The first kappa shape index (κ1) is 18.7. The van der Waals surface area contributed by atoms with E-state index in [1.165, 1.54) is 16.4 Å². The molecule has 1 N–H and O–H groups in total. The maximum atomic E-state index is 10.9. The van der Waals surface area contributed by atoms with Gasteiger partial charge in [0.15, 0.2) is 0 Å². The molecule has 1 nitrogen and oxygen atoms in total. The second kappa shape index (κ2) is 8.06. The first-order chi connectivity index (χ1) is 12.4. The molecule has 2 heteroatoms. The van der Waals surface area contributed by atoms with Crippen molar-refractivity contribution in [3.05, 3.63) is 95.1 Å². The first-order valence-corrected chi connectivity index (χ1v) is 10.3. The summed E-state index contributed by atoms with van der Waals surface area (Å²) in [5.41, 5.74) is 4.66. The van der Waals surface area contributed by atoms with Crippen molar-refractivity contribution in [2.24, 2.45) is 0 Å². The Morgan fingerprint density at radius 3 is 2.00 bits per heavy atom. The van der Waals surface area contributed by atoms with Crippen molar-refractivity contribution < 1.29 is 5.11 Å². The molecule has 0 saturated carbocycles. The van der Waals surface area contributed by atoms with E-state index in [0.29, 0.717) is 14.3 Å². The molecule has 0 spiro atoms. The molecule has 0 aliphatic rings. The molecule has 0 aliphatic heterocycles. The summed E-state index contributed by atoms with van der Waals surface area (Å²) >= 11 is 0. The fourth-order valence-electron chi connectivity index (χ4n) is 3.03. The molecular formula is C24H27OP. The van der Waals surface area contributed by atoms with Gasteiger partial charge >= 0.3 is 0 Å². The largest absolute Gasteiger partial charge is 0.507 e. The lowest BCUT2D eigenvalue weighted by Crippen LogP contribution is -2.12. The summed E-state index contributed by atoms with van der Waals surface area (Å²) in [6, 6.07) is 25.3. The molecule has 26 heavy (non-hydrogen) atoms. The molecule has 0 heterocycles. The van der Waals surface area contributed by atoms with Crippen LogP contribution >= 0.6 is 8.58 Å². The van der Waals surface area contributed by atoms with Crippen LogP contribution in [0, 0.1) is 0 Å². The topological polar surface area (TPSA) is 20.2 Å². The van der Waals surface area contributed by atoms with Gasteiger partial charge in [-0.25, -0.2) is 0 Å². The van der Waals surface area contributed by atoms with Gasteiger partial charge in [0, 0.05) is 6.42 Å². The molecule has 134 valence electrons. The van der Waals surface area contributed by atoms with Crippen LogP contribution in [-0.4, -0.2) is 5.11 Å². The molecule has 0 radical (unpaired) electrons. The van der Waals surface area contributed by atoms with Crippen LogP contribution in [0.2, 0.25) is 0 Å². The van der Waals surface area contributed by atoms with E-state index in [9.17, 15) is 5.11 Å². The molecule has 0 bridgehead atoms. The maximum Gasteiger partial charge on any atom is 0.122 e. The van der Waals surface area contributed by atoms with Gasteiger partial charge in [0.1, 0.15) is 5.75 Å². The van der Waals surface area contributed by atoms with E-state index in [0.717, 1.165) is 23.7 Å². The average Bonchev–Trinajstić information content (AvgIpc) is 2.63. The summed E-state index contributed by atoms with van der Waals surface area (Å²) in [6.07, 6.45) is 1.64. The predicted molar refractivity (Wildman–Crippen MR) is 114 cm³/mol. The van der Waals surface area contributed by atoms with Gasteiger partial charge in [0.25, 0.3) is 0 Å². The van der Waals surface area contributed by atoms with Crippen LogP contribution in [0.15, 0.2) is 72.8 Å². The Kier molecular flexibility index (Phi) is 5.79. The van der Waals surface area contributed by atoms with Crippen molar-refractivity contribution in [3.63, 3.8) is 0 Å². The minimum absolute atomic E-state index is 0.0593. The first-order valence-electron chi connectivity index (χ1n) is 9.11. The zero-order valence-corrected chi connectivity index (χ0v) is 16.8. The zero-order chi connectivity index (χ0) is 18.6. The fraction of sp³-hybridized carbons (Fsp3) is 0.250. The summed E-state index contributed by atoms with van der Waals surface area (Å²) in [5, 5.41) is 12.3. The Morgan fingerprint density at radius 1 is 0.808 bits per heavy atom. The number of hydrogen-bond donors (Lipinski definition) is 1. The Bertz CT molecular complexity index is 849. The average molecular weight is 362 g/mol. The summed E-state index contributed by atoms with van der Waals surface area (Å²) in [4.78, 5) is 0. The number of aromatic hydroxyl groups is 1. The number of phenols is 1. The SMILES string of the molecule is CC(C)(C)c1cc(CPc2ccccc2)c(O)c(Cc2ccccc2)c1. The van der Waals surface area contributed by atoms with Crippen molar-refractivity contribution in [1.82, 2.24) is 0 Å². The van der Waals surface area contributed by atoms with Crippen LogP contribution in [0.3, 0.4) is 0 Å². The molecule has 3 rings (SSSR count). The highest BCUT2D eigenvalue weighted by molar-refractivity contribution is 7.46. The van der Waals surface area contributed by atoms with Crippen LogP contribution in [0.1, 0.15) is 43.0 Å². The Morgan fingerprint density at radius 2 is 1.38 bits per heavy atom. The third kappa shape index (κ3) is 4.74. The molecule has 0 amide bonds. The van der Waals surface area contributed by atoms with E-state index < -0.39 is 0 Å². The molecule has 1 atom stereocenters. The zero-order valence-electron chi connectivity index (χ0n) is 15.8. The molecule has 0 fully saturated rings. The van der Waals surface area contributed by atoms with Gasteiger partial charge in [-0.1, -0.05) is 102 Å². The Hall–Kier alpha value is -2.11. The normalized spacial score (nSPS) is 12.0. The summed E-state index contributed by atoms with van der Waals surface area (Å²) in [5.74, 6) is 0.463. The van der Waals surface area contributed by atoms with Crippen molar-refractivity contribution >= 4 is 13.9 Å². The number of benzene rings is 3. The van der Waals surface area contributed by atoms with Crippen LogP contribution in [-0.2, 0) is 18.0 Å². The van der Waals surface area contributed by atoms with Gasteiger partial charge in [0.05, 0.1) is 0 Å². The maximum absolute atomic E-state index is 10.9. The number of hydrogen-bond acceptors (Lipinski definition) is 1. The lowest BCUT2D eigenvalue weighted by molar-refractivity contribution is 0.463. The van der Waals surface area contributed by atoms with Crippen molar-refractivity contribution in [3.8, 4) is 5.75 Å². The highest BCUT2D eigenvalue weighted by Crippen LogP contribution is 2.35. The van der Waals surface area contributed by atoms with E-state index in [4.69, 9.17) is 0 Å². The third-order valence-electron chi connectivity index (χ3n) is 4.63. The number of rotatable bonds is 5. The highest BCUT2D eigenvalue weighted by atomic mass is 31.1. The second-order valence-corrected chi connectivity index (χ2v) is 9.06. The van der Waals surface area contributed by atoms with Crippen LogP contribution in [0.25, 0.3) is 0 Å². The van der Waals surface area contributed by atoms with Gasteiger partial charge in [-0.2, -0.15) is 0 Å². The van der Waals surface area contributed by atoms with Gasteiger partial charge < -0.3 is 5.11 Å². The summed E-state index contributed by atoms with van der Waals surface area (Å²) in [6.45, 7) is 6.69. The van der Waals surface area contributed by atoms with E-state index >= 15 is 0 Å². The molecule has 3 aromatic carbocycles. The third-order valence-corrected chi connectivity index (χ3v) is 5.93. The lowest BCUT2D eigenvalue weighted by atomic mass is 9.84. The molecule has 0 aliphatic carbocycles. The number of phenolic OH excluding ortho intramolecular Hbond substituents is 1. The monoisotopic (exact) mass is 362 g/mol. The van der Waals surface area contributed by atoms with Crippen molar-refractivity contribution in [1.29, 1.82) is 0 Å². The second-order valence-electron chi connectivity index (χ2n) is 7.78. The molecule has 3 aromatic rings. The van der Waals surface area contributed by atoms with Crippen LogP contribution in [0.4, 0.5) is 0 Å². The quantitative estimate of drug-likeness (QED) is 0.570. The van der Waals surface area contributed by atoms with E-state index in [-0.39, 0.29) is 5.41 Å². The van der Waals surface area contributed by atoms with E-state index in [2.05, 4.69) is 81.4 Å². The minimum Gasteiger partial charge on any atom is -0.507 e. The summed E-state index contributed by atoms with van der Waals surface area (Å²) in [7, 11) is 0.662. The van der Waals surface area contributed by atoms with Crippen molar-refractivity contribution in [2.45, 2.75) is 38.8 Å². The minimum atomic E-state index is 0.0593. The van der Waals surface area contributed by atoms with Crippen LogP contribution in [0.5, 0.6) is 5.75 Å².